The number of hydrogen-bond acceptors (Lipinski definition) is 5. The molecule has 126 valence electrons. The first-order valence-electron chi connectivity index (χ1n) is 7.66. The van der Waals surface area contributed by atoms with Crippen LogP contribution in [0.3, 0.4) is 0 Å². The molecule has 0 amide bonds. The Balaban J connectivity index is 1.50. The Labute approximate surface area is 149 Å². The van der Waals surface area contributed by atoms with Gasteiger partial charge in [-0.25, -0.2) is 4.68 Å². The van der Waals surface area contributed by atoms with E-state index in [1.807, 2.05) is 44.3 Å². The number of quaternary nitrogens is 1. The molecule has 0 atom stereocenters. The molecule has 0 saturated heterocycles. The van der Waals surface area contributed by atoms with E-state index in [0.717, 1.165) is 51.7 Å². The number of rotatable bonds is 7. The van der Waals surface area contributed by atoms with Crippen LogP contribution in [0.1, 0.15) is 11.3 Å². The molecule has 0 bridgehead atoms. The Morgan fingerprint density at radius 3 is 2.96 bits per heavy atom. The van der Waals surface area contributed by atoms with Gasteiger partial charge in [0.1, 0.15) is 12.3 Å². The van der Waals surface area contributed by atoms with Gasteiger partial charge in [-0.1, -0.05) is 35.5 Å². The third-order valence-corrected chi connectivity index (χ3v) is 5.13. The van der Waals surface area contributed by atoms with E-state index >= 15 is 0 Å². The fraction of sp³-hybridized carbons (Fsp3) is 0.312. The van der Waals surface area contributed by atoms with E-state index in [-0.39, 0.29) is 0 Å². The molecule has 24 heavy (non-hydrogen) atoms. The first-order chi connectivity index (χ1) is 11.6. The molecule has 0 fully saturated rings. The summed E-state index contributed by atoms with van der Waals surface area (Å²) in [5.41, 5.74) is 2.08. The fourth-order valence-corrected chi connectivity index (χ4v) is 3.29. The SMILES string of the molecule is Cc1c(Cl)cccc1-c1ccc(C[NH2+]CCSc2nnnn2C)o1. The van der Waals surface area contributed by atoms with Crippen LogP contribution >= 0.6 is 23.4 Å². The summed E-state index contributed by atoms with van der Waals surface area (Å²) in [5.74, 6) is 2.75. The molecule has 0 aliphatic heterocycles. The van der Waals surface area contributed by atoms with Gasteiger partial charge in [0.25, 0.3) is 0 Å². The highest BCUT2D eigenvalue weighted by Crippen LogP contribution is 2.29. The van der Waals surface area contributed by atoms with Gasteiger partial charge < -0.3 is 9.73 Å². The quantitative estimate of drug-likeness (QED) is 0.514. The van der Waals surface area contributed by atoms with Crippen LogP contribution in [-0.2, 0) is 13.6 Å². The topological polar surface area (TPSA) is 73.3 Å². The molecule has 2 aromatic heterocycles. The van der Waals surface area contributed by atoms with Crippen molar-refractivity contribution in [3.63, 3.8) is 0 Å². The molecule has 0 saturated carbocycles. The van der Waals surface area contributed by atoms with Gasteiger partial charge in [0.15, 0.2) is 5.76 Å². The normalized spacial score (nSPS) is 11.1. The number of nitrogens with two attached hydrogens (primary N) is 1. The highest BCUT2D eigenvalue weighted by Gasteiger charge is 2.10. The lowest BCUT2D eigenvalue weighted by molar-refractivity contribution is -0.668. The number of furan rings is 1. The predicted molar refractivity (Wildman–Crippen MR) is 93.9 cm³/mol. The Morgan fingerprint density at radius 2 is 2.17 bits per heavy atom. The molecule has 2 heterocycles. The second kappa shape index (κ2) is 7.83. The van der Waals surface area contributed by atoms with Crippen LogP contribution in [0.5, 0.6) is 0 Å². The van der Waals surface area contributed by atoms with Crippen LogP contribution < -0.4 is 5.32 Å². The second-order valence-corrected chi connectivity index (χ2v) is 6.86. The van der Waals surface area contributed by atoms with Gasteiger partial charge in [0.2, 0.25) is 5.16 Å². The van der Waals surface area contributed by atoms with Crippen LogP contribution in [0.4, 0.5) is 0 Å². The van der Waals surface area contributed by atoms with Crippen molar-refractivity contribution < 1.29 is 9.73 Å². The minimum atomic E-state index is 0.757. The lowest BCUT2D eigenvalue weighted by Crippen LogP contribution is -2.83. The first-order valence-corrected chi connectivity index (χ1v) is 9.02. The third-order valence-electron chi connectivity index (χ3n) is 3.67. The highest BCUT2D eigenvalue weighted by atomic mass is 35.5. The zero-order valence-electron chi connectivity index (χ0n) is 13.6. The number of thioether (sulfide) groups is 1. The molecule has 0 aliphatic carbocycles. The van der Waals surface area contributed by atoms with Crippen molar-refractivity contribution in [3.8, 4) is 11.3 Å². The largest absolute Gasteiger partial charge is 0.455 e. The molecular formula is C16H19ClN5OS+. The van der Waals surface area contributed by atoms with E-state index in [1.165, 1.54) is 0 Å². The van der Waals surface area contributed by atoms with E-state index < -0.39 is 0 Å². The summed E-state index contributed by atoms with van der Waals surface area (Å²) >= 11 is 7.82. The van der Waals surface area contributed by atoms with Gasteiger partial charge in [-0.15, -0.1) is 5.10 Å². The first kappa shape index (κ1) is 17.0. The van der Waals surface area contributed by atoms with Crippen molar-refractivity contribution in [1.82, 2.24) is 20.2 Å². The third kappa shape index (κ3) is 3.98. The maximum Gasteiger partial charge on any atom is 0.209 e. The number of hydrogen-bond donors (Lipinski definition) is 1. The summed E-state index contributed by atoms with van der Waals surface area (Å²) < 4.78 is 7.62. The minimum absolute atomic E-state index is 0.757. The van der Waals surface area contributed by atoms with E-state index in [4.69, 9.17) is 16.0 Å². The molecule has 3 aromatic rings. The lowest BCUT2D eigenvalue weighted by atomic mass is 10.1. The number of halogens is 1. The molecule has 0 spiro atoms. The van der Waals surface area contributed by atoms with Crippen molar-refractivity contribution in [2.75, 3.05) is 12.3 Å². The summed E-state index contributed by atoms with van der Waals surface area (Å²) in [5, 5.41) is 15.2. The van der Waals surface area contributed by atoms with Crippen LogP contribution in [0.15, 0.2) is 39.9 Å². The Morgan fingerprint density at radius 1 is 1.29 bits per heavy atom. The summed E-state index contributed by atoms with van der Waals surface area (Å²) in [7, 11) is 1.84. The standard InChI is InChI=1S/C16H18ClN5OS/c1-11-13(4-3-5-14(11)17)15-7-6-12(23-15)10-18-8-9-24-16-19-20-21-22(16)2/h3-7,18H,8-10H2,1-2H3/p+1. The number of benzene rings is 1. The van der Waals surface area contributed by atoms with E-state index in [1.54, 1.807) is 16.4 Å². The van der Waals surface area contributed by atoms with Crippen LogP contribution in [-0.4, -0.2) is 32.5 Å². The summed E-state index contributed by atoms with van der Waals surface area (Å²) in [6, 6.07) is 9.88. The molecule has 8 heteroatoms. The van der Waals surface area contributed by atoms with Gasteiger partial charge in [-0.3, -0.25) is 0 Å². The van der Waals surface area contributed by atoms with Gasteiger partial charge >= 0.3 is 0 Å². The Kier molecular flexibility index (Phi) is 5.55. The zero-order valence-corrected chi connectivity index (χ0v) is 15.1. The average molecular weight is 365 g/mol. The van der Waals surface area contributed by atoms with Crippen LogP contribution in [0.25, 0.3) is 11.3 Å². The summed E-state index contributed by atoms with van der Waals surface area (Å²) in [6.45, 7) is 3.77. The zero-order chi connectivity index (χ0) is 16.9. The van der Waals surface area contributed by atoms with Gasteiger partial charge in [0, 0.05) is 17.6 Å². The summed E-state index contributed by atoms with van der Waals surface area (Å²) in [6.07, 6.45) is 0. The highest BCUT2D eigenvalue weighted by molar-refractivity contribution is 7.99. The number of aromatic nitrogens is 4. The van der Waals surface area contributed by atoms with Gasteiger partial charge in [0.05, 0.1) is 12.3 Å². The van der Waals surface area contributed by atoms with Crippen molar-refractivity contribution in [1.29, 1.82) is 0 Å². The molecule has 0 radical (unpaired) electrons. The number of nitrogens with zero attached hydrogens (tertiary/aromatic N) is 4. The predicted octanol–water partition coefficient (Wildman–Crippen LogP) is 2.29. The molecule has 0 unspecified atom stereocenters. The van der Waals surface area contributed by atoms with Crippen molar-refractivity contribution in [2.45, 2.75) is 18.6 Å². The smallest absolute Gasteiger partial charge is 0.209 e. The Hall–Kier alpha value is -1.83. The van der Waals surface area contributed by atoms with Crippen LogP contribution in [0, 0.1) is 6.92 Å². The molecule has 3 rings (SSSR count). The molecule has 1 aromatic carbocycles. The number of aryl methyl sites for hydroxylation is 1. The number of tetrazole rings is 1. The van der Waals surface area contributed by atoms with E-state index in [9.17, 15) is 0 Å². The monoisotopic (exact) mass is 364 g/mol. The maximum atomic E-state index is 6.18. The molecule has 0 aliphatic rings. The van der Waals surface area contributed by atoms with Crippen molar-refractivity contribution in [3.05, 3.63) is 46.7 Å². The second-order valence-electron chi connectivity index (χ2n) is 5.39. The van der Waals surface area contributed by atoms with Crippen molar-refractivity contribution >= 4 is 23.4 Å². The van der Waals surface area contributed by atoms with Crippen molar-refractivity contribution in [2.24, 2.45) is 7.05 Å². The van der Waals surface area contributed by atoms with E-state index in [0.29, 0.717) is 0 Å². The van der Waals surface area contributed by atoms with Crippen LogP contribution in [0.2, 0.25) is 5.02 Å². The minimum Gasteiger partial charge on any atom is -0.455 e. The molecule has 6 nitrogen and oxygen atoms in total. The average Bonchev–Trinajstić information content (AvgIpc) is 3.19. The van der Waals surface area contributed by atoms with E-state index in [2.05, 4.69) is 20.8 Å². The maximum absolute atomic E-state index is 6.18. The van der Waals surface area contributed by atoms with Gasteiger partial charge in [-0.05, 0) is 41.1 Å². The Bertz CT molecular complexity index is 816. The molecular weight excluding hydrogens is 346 g/mol. The van der Waals surface area contributed by atoms with Gasteiger partial charge in [-0.2, -0.15) is 0 Å². The lowest BCUT2D eigenvalue weighted by Gasteiger charge is -2.04. The summed E-state index contributed by atoms with van der Waals surface area (Å²) in [4.78, 5) is 0. The fourth-order valence-electron chi connectivity index (χ4n) is 2.33. The molecule has 2 N–H and O–H groups in total.